The maximum absolute atomic E-state index is 13.1. The predicted molar refractivity (Wildman–Crippen MR) is 117 cm³/mol. The Bertz CT molecular complexity index is 1070. The quantitative estimate of drug-likeness (QED) is 0.733. The molecule has 2 aliphatic rings. The highest BCUT2D eigenvalue weighted by Crippen LogP contribution is 2.34. The first kappa shape index (κ1) is 21.9. The summed E-state index contributed by atoms with van der Waals surface area (Å²) >= 11 is 6.22. The summed E-state index contributed by atoms with van der Waals surface area (Å²) < 4.78 is 38.5. The van der Waals surface area contributed by atoms with Crippen molar-refractivity contribution in [1.29, 1.82) is 0 Å². The second-order valence-corrected chi connectivity index (χ2v) is 10.1. The SMILES string of the molecule is CC(NC(=O)C1CCN(S(=O)(=O)c2ccc3c(c2)OCCO3)CC1)c1ccccc1Cl. The van der Waals surface area contributed by atoms with E-state index in [4.69, 9.17) is 21.1 Å². The average molecular weight is 465 g/mol. The number of hydrogen-bond acceptors (Lipinski definition) is 5. The highest BCUT2D eigenvalue weighted by Gasteiger charge is 2.33. The smallest absolute Gasteiger partial charge is 0.243 e. The Labute approximate surface area is 187 Å². The summed E-state index contributed by atoms with van der Waals surface area (Å²) in [6.45, 7) is 3.30. The molecule has 1 fully saturated rings. The molecule has 1 atom stereocenters. The van der Waals surface area contributed by atoms with E-state index in [1.54, 1.807) is 12.1 Å². The molecule has 2 aromatic carbocycles. The number of hydrogen-bond donors (Lipinski definition) is 1. The van der Waals surface area contributed by atoms with Crippen molar-refractivity contribution < 1.29 is 22.7 Å². The van der Waals surface area contributed by atoms with Crippen LogP contribution in [0.2, 0.25) is 5.02 Å². The van der Waals surface area contributed by atoms with Gasteiger partial charge in [0.05, 0.1) is 10.9 Å². The summed E-state index contributed by atoms with van der Waals surface area (Å²) in [4.78, 5) is 12.9. The van der Waals surface area contributed by atoms with E-state index in [9.17, 15) is 13.2 Å². The number of sulfonamides is 1. The summed E-state index contributed by atoms with van der Waals surface area (Å²) in [7, 11) is -3.67. The zero-order valence-corrected chi connectivity index (χ0v) is 18.8. The lowest BCUT2D eigenvalue weighted by Gasteiger charge is -2.31. The van der Waals surface area contributed by atoms with Gasteiger partial charge in [0.25, 0.3) is 0 Å². The molecule has 166 valence electrons. The highest BCUT2D eigenvalue weighted by molar-refractivity contribution is 7.89. The first-order chi connectivity index (χ1) is 14.9. The molecule has 31 heavy (non-hydrogen) atoms. The molecule has 1 N–H and O–H groups in total. The topological polar surface area (TPSA) is 84.9 Å². The predicted octanol–water partition coefficient (Wildman–Crippen LogP) is 3.39. The Balaban J connectivity index is 1.38. The number of nitrogens with one attached hydrogen (secondary N) is 1. The van der Waals surface area contributed by atoms with Crippen LogP contribution in [0.25, 0.3) is 0 Å². The number of fused-ring (bicyclic) bond motifs is 1. The Morgan fingerprint density at radius 1 is 1.10 bits per heavy atom. The van der Waals surface area contributed by atoms with Crippen molar-refractivity contribution in [3.05, 3.63) is 53.1 Å². The number of amides is 1. The standard InChI is InChI=1S/C22H25ClN2O5S/c1-15(18-4-2-3-5-19(18)23)24-22(26)16-8-10-25(11-9-16)31(27,28)17-6-7-20-21(14-17)30-13-12-29-20/h2-7,14-16H,8-13H2,1H3,(H,24,26). The number of halogens is 1. The molecule has 2 aromatic rings. The summed E-state index contributed by atoms with van der Waals surface area (Å²) in [5.74, 6) is 0.670. The van der Waals surface area contributed by atoms with Crippen LogP contribution < -0.4 is 14.8 Å². The van der Waals surface area contributed by atoms with E-state index in [1.165, 1.54) is 16.4 Å². The summed E-state index contributed by atoms with van der Waals surface area (Å²) in [6, 6.07) is 11.8. The molecule has 1 saturated heterocycles. The lowest BCUT2D eigenvalue weighted by atomic mass is 9.96. The number of carbonyl (C=O) groups excluding carboxylic acids is 1. The Morgan fingerprint density at radius 2 is 1.77 bits per heavy atom. The average Bonchev–Trinajstić information content (AvgIpc) is 2.79. The van der Waals surface area contributed by atoms with Crippen LogP contribution in [0.5, 0.6) is 11.5 Å². The third-order valence-electron chi connectivity index (χ3n) is 5.71. The second-order valence-electron chi connectivity index (χ2n) is 7.74. The van der Waals surface area contributed by atoms with Crippen LogP contribution in [0.1, 0.15) is 31.4 Å². The number of benzene rings is 2. The highest BCUT2D eigenvalue weighted by atomic mass is 35.5. The zero-order chi connectivity index (χ0) is 22.0. The Morgan fingerprint density at radius 3 is 2.48 bits per heavy atom. The number of piperidine rings is 1. The van der Waals surface area contributed by atoms with E-state index in [0.717, 1.165) is 5.56 Å². The fourth-order valence-electron chi connectivity index (χ4n) is 3.93. The van der Waals surface area contributed by atoms with Crippen molar-refractivity contribution >= 4 is 27.5 Å². The van der Waals surface area contributed by atoms with Crippen LogP contribution in [0.4, 0.5) is 0 Å². The molecule has 2 heterocycles. The summed E-state index contributed by atoms with van der Waals surface area (Å²) in [5.41, 5.74) is 0.858. The van der Waals surface area contributed by atoms with E-state index in [1.807, 2.05) is 25.1 Å². The van der Waals surface area contributed by atoms with Gasteiger partial charge in [0, 0.05) is 30.1 Å². The van der Waals surface area contributed by atoms with Gasteiger partial charge in [-0.1, -0.05) is 29.8 Å². The summed E-state index contributed by atoms with van der Waals surface area (Å²) in [6.07, 6.45) is 0.926. The van der Waals surface area contributed by atoms with E-state index >= 15 is 0 Å². The molecule has 9 heteroatoms. The van der Waals surface area contributed by atoms with Crippen molar-refractivity contribution in [3.63, 3.8) is 0 Å². The zero-order valence-electron chi connectivity index (χ0n) is 17.2. The molecule has 4 rings (SSSR count). The van der Waals surface area contributed by atoms with E-state index in [-0.39, 0.29) is 35.9 Å². The monoisotopic (exact) mass is 464 g/mol. The van der Waals surface area contributed by atoms with Gasteiger partial charge in [-0.3, -0.25) is 4.79 Å². The first-order valence-electron chi connectivity index (χ1n) is 10.3. The molecular weight excluding hydrogens is 440 g/mol. The molecular formula is C22H25ClN2O5S. The molecule has 0 saturated carbocycles. The number of ether oxygens (including phenoxy) is 2. The van der Waals surface area contributed by atoms with Crippen LogP contribution in [-0.2, 0) is 14.8 Å². The second kappa shape index (κ2) is 9.06. The van der Waals surface area contributed by atoms with Gasteiger partial charge in [-0.25, -0.2) is 8.42 Å². The van der Waals surface area contributed by atoms with E-state index < -0.39 is 10.0 Å². The molecule has 0 aliphatic carbocycles. The lowest BCUT2D eigenvalue weighted by molar-refractivity contribution is -0.126. The van der Waals surface area contributed by atoms with E-state index in [0.29, 0.717) is 42.6 Å². The van der Waals surface area contributed by atoms with Crippen LogP contribution >= 0.6 is 11.6 Å². The number of carbonyl (C=O) groups is 1. The van der Waals surface area contributed by atoms with Crippen molar-refractivity contribution in [3.8, 4) is 11.5 Å². The van der Waals surface area contributed by atoms with Gasteiger partial charge in [0.1, 0.15) is 13.2 Å². The van der Waals surface area contributed by atoms with Crippen molar-refractivity contribution in [2.75, 3.05) is 26.3 Å². The lowest BCUT2D eigenvalue weighted by Crippen LogP contribution is -2.43. The molecule has 0 bridgehead atoms. The van der Waals surface area contributed by atoms with Crippen molar-refractivity contribution in [1.82, 2.24) is 9.62 Å². The molecule has 0 spiro atoms. The van der Waals surface area contributed by atoms with Gasteiger partial charge in [-0.15, -0.1) is 0 Å². The number of nitrogens with zero attached hydrogens (tertiary/aromatic N) is 1. The Hall–Kier alpha value is -2.29. The van der Waals surface area contributed by atoms with E-state index in [2.05, 4.69) is 5.32 Å². The van der Waals surface area contributed by atoms with Gasteiger partial charge < -0.3 is 14.8 Å². The Kier molecular flexibility index (Phi) is 6.41. The summed E-state index contributed by atoms with van der Waals surface area (Å²) in [5, 5.41) is 3.61. The minimum atomic E-state index is -3.67. The minimum Gasteiger partial charge on any atom is -0.486 e. The van der Waals surface area contributed by atoms with Crippen LogP contribution in [0, 0.1) is 5.92 Å². The van der Waals surface area contributed by atoms with Crippen LogP contribution in [0.15, 0.2) is 47.4 Å². The van der Waals surface area contributed by atoms with Gasteiger partial charge in [-0.05, 0) is 43.5 Å². The fraction of sp³-hybridized carbons (Fsp3) is 0.409. The minimum absolute atomic E-state index is 0.0798. The van der Waals surface area contributed by atoms with Crippen molar-refractivity contribution in [2.45, 2.75) is 30.7 Å². The third kappa shape index (κ3) is 4.66. The first-order valence-corrected chi connectivity index (χ1v) is 12.1. The maximum atomic E-state index is 13.1. The molecule has 0 radical (unpaired) electrons. The van der Waals surface area contributed by atoms with Crippen LogP contribution in [-0.4, -0.2) is 44.9 Å². The van der Waals surface area contributed by atoms with Gasteiger partial charge >= 0.3 is 0 Å². The van der Waals surface area contributed by atoms with Crippen molar-refractivity contribution in [2.24, 2.45) is 5.92 Å². The maximum Gasteiger partial charge on any atom is 0.243 e. The van der Waals surface area contributed by atoms with Gasteiger partial charge in [0.15, 0.2) is 11.5 Å². The molecule has 1 unspecified atom stereocenters. The molecule has 1 amide bonds. The molecule has 2 aliphatic heterocycles. The van der Waals surface area contributed by atoms with Crippen LogP contribution in [0.3, 0.4) is 0 Å². The molecule has 0 aromatic heterocycles. The molecule has 7 nitrogen and oxygen atoms in total. The van der Waals surface area contributed by atoms with Gasteiger partial charge in [0.2, 0.25) is 15.9 Å². The normalized spacial score (nSPS) is 18.4. The largest absolute Gasteiger partial charge is 0.486 e. The van der Waals surface area contributed by atoms with Gasteiger partial charge in [-0.2, -0.15) is 4.31 Å². The fourth-order valence-corrected chi connectivity index (χ4v) is 5.71. The third-order valence-corrected chi connectivity index (χ3v) is 7.95. The number of rotatable bonds is 5.